The molecule has 6 nitrogen and oxygen atoms in total. The minimum Gasteiger partial charge on any atom is -0.347 e. The fraction of sp³-hybridized carbons (Fsp3) is 0.400. The number of likely N-dealkylation sites (N-methyl/N-ethyl adjacent to an activating group) is 1. The van der Waals surface area contributed by atoms with Gasteiger partial charge in [-0.25, -0.2) is 0 Å². The van der Waals surface area contributed by atoms with Crippen LogP contribution in [0.15, 0.2) is 30.3 Å². The molecule has 1 aromatic carbocycles. The summed E-state index contributed by atoms with van der Waals surface area (Å²) in [7, 11) is 1.62. The molecule has 0 aromatic heterocycles. The van der Waals surface area contributed by atoms with Crippen LogP contribution in [0.2, 0.25) is 0 Å². The third-order valence-corrected chi connectivity index (χ3v) is 4.07. The quantitative estimate of drug-likeness (QED) is 0.823. The highest BCUT2D eigenvalue weighted by atomic mass is 16.2. The maximum absolute atomic E-state index is 12.3. The van der Waals surface area contributed by atoms with Gasteiger partial charge in [0.05, 0.1) is 12.6 Å². The average Bonchev–Trinajstić information content (AvgIpc) is 2.90. The number of carbonyl (C=O) groups excluding carboxylic acids is 3. The van der Waals surface area contributed by atoms with Crippen molar-refractivity contribution in [1.29, 1.82) is 0 Å². The van der Waals surface area contributed by atoms with Crippen molar-refractivity contribution < 1.29 is 14.4 Å². The smallest absolute Gasteiger partial charge is 0.251 e. The molecule has 0 bridgehead atoms. The molecule has 1 N–H and O–H groups in total. The molecule has 2 fully saturated rings. The molecule has 2 atom stereocenters. The normalized spacial score (nSPS) is 25.0. The van der Waals surface area contributed by atoms with E-state index >= 15 is 0 Å². The molecule has 3 amide bonds. The van der Waals surface area contributed by atoms with E-state index in [4.69, 9.17) is 0 Å². The summed E-state index contributed by atoms with van der Waals surface area (Å²) in [6, 6.07) is 7.98. The first-order chi connectivity index (χ1) is 10.1. The lowest BCUT2D eigenvalue weighted by molar-refractivity contribution is -0.152. The lowest BCUT2D eigenvalue weighted by atomic mass is 10.1. The molecule has 0 radical (unpaired) electrons. The Bertz CT molecular complexity index is 587. The molecule has 2 saturated heterocycles. The zero-order valence-electron chi connectivity index (χ0n) is 11.8. The zero-order valence-corrected chi connectivity index (χ0v) is 11.8. The van der Waals surface area contributed by atoms with E-state index in [1.54, 1.807) is 36.2 Å². The topological polar surface area (TPSA) is 69.7 Å². The van der Waals surface area contributed by atoms with Crippen LogP contribution in [0, 0.1) is 0 Å². The second kappa shape index (κ2) is 5.20. The molecule has 0 spiro atoms. The van der Waals surface area contributed by atoms with Gasteiger partial charge in [0.2, 0.25) is 11.8 Å². The van der Waals surface area contributed by atoms with Crippen LogP contribution in [0.4, 0.5) is 0 Å². The first-order valence-electron chi connectivity index (χ1n) is 6.98. The van der Waals surface area contributed by atoms with Gasteiger partial charge < -0.3 is 15.1 Å². The molecule has 0 unspecified atom stereocenters. The SMILES string of the molecule is CN1CC(=O)N2CC[C@H](NC(=O)c3ccccc3)[C@H]2C1=O. The van der Waals surface area contributed by atoms with E-state index in [0.29, 0.717) is 18.5 Å². The minimum atomic E-state index is -0.566. The highest BCUT2D eigenvalue weighted by molar-refractivity contribution is 5.98. The van der Waals surface area contributed by atoms with Crippen molar-refractivity contribution >= 4 is 17.7 Å². The maximum Gasteiger partial charge on any atom is 0.251 e. The van der Waals surface area contributed by atoms with E-state index in [1.165, 1.54) is 4.90 Å². The number of hydrogen-bond donors (Lipinski definition) is 1. The number of piperazine rings is 1. The number of nitrogens with zero attached hydrogens (tertiary/aromatic N) is 2. The average molecular weight is 287 g/mol. The van der Waals surface area contributed by atoms with Crippen LogP contribution in [0.5, 0.6) is 0 Å². The van der Waals surface area contributed by atoms with Gasteiger partial charge in [0.25, 0.3) is 5.91 Å². The Hall–Kier alpha value is -2.37. The van der Waals surface area contributed by atoms with Gasteiger partial charge in [0.15, 0.2) is 0 Å². The summed E-state index contributed by atoms with van der Waals surface area (Å²) in [5, 5.41) is 2.89. The van der Waals surface area contributed by atoms with Crippen molar-refractivity contribution in [3.05, 3.63) is 35.9 Å². The number of hydrogen-bond acceptors (Lipinski definition) is 3. The Kier molecular flexibility index (Phi) is 3.37. The Labute approximate surface area is 122 Å². The van der Waals surface area contributed by atoms with Gasteiger partial charge in [-0.05, 0) is 18.6 Å². The largest absolute Gasteiger partial charge is 0.347 e. The number of amides is 3. The van der Waals surface area contributed by atoms with Crippen LogP contribution in [-0.2, 0) is 9.59 Å². The van der Waals surface area contributed by atoms with Gasteiger partial charge in [0.1, 0.15) is 6.04 Å². The molecule has 3 rings (SSSR count). The molecule has 21 heavy (non-hydrogen) atoms. The van der Waals surface area contributed by atoms with Gasteiger partial charge in [0, 0.05) is 19.2 Å². The molecular weight excluding hydrogens is 270 g/mol. The fourth-order valence-corrected chi connectivity index (χ4v) is 2.97. The number of carbonyl (C=O) groups is 3. The standard InChI is InChI=1S/C15H17N3O3/c1-17-9-12(19)18-8-7-11(13(18)15(17)21)16-14(20)10-5-3-2-4-6-10/h2-6,11,13H,7-9H2,1H3,(H,16,20)/t11-,13-/m0/s1. The van der Waals surface area contributed by atoms with Crippen molar-refractivity contribution in [2.45, 2.75) is 18.5 Å². The number of benzene rings is 1. The summed E-state index contributed by atoms with van der Waals surface area (Å²) in [6.07, 6.45) is 0.606. The van der Waals surface area contributed by atoms with Gasteiger partial charge in [-0.2, -0.15) is 0 Å². The van der Waals surface area contributed by atoms with Crippen LogP contribution in [0.3, 0.4) is 0 Å². The lowest BCUT2D eigenvalue weighted by Gasteiger charge is -2.36. The van der Waals surface area contributed by atoms with Crippen molar-refractivity contribution in [3.63, 3.8) is 0 Å². The third kappa shape index (κ3) is 2.37. The molecule has 0 aliphatic carbocycles. The summed E-state index contributed by atoms with van der Waals surface area (Å²) in [5.74, 6) is -0.375. The molecule has 2 aliphatic rings. The summed E-state index contributed by atoms with van der Waals surface area (Å²) in [4.78, 5) is 39.4. The number of fused-ring (bicyclic) bond motifs is 1. The van der Waals surface area contributed by atoms with Gasteiger partial charge >= 0.3 is 0 Å². The van der Waals surface area contributed by atoms with Crippen molar-refractivity contribution in [2.75, 3.05) is 20.1 Å². The second-order valence-corrected chi connectivity index (χ2v) is 5.46. The van der Waals surface area contributed by atoms with Crippen molar-refractivity contribution in [3.8, 4) is 0 Å². The molecule has 110 valence electrons. The van der Waals surface area contributed by atoms with Gasteiger partial charge in [-0.3, -0.25) is 14.4 Å². The second-order valence-electron chi connectivity index (χ2n) is 5.46. The monoisotopic (exact) mass is 287 g/mol. The van der Waals surface area contributed by atoms with E-state index in [2.05, 4.69) is 5.32 Å². The first-order valence-corrected chi connectivity index (χ1v) is 6.98. The van der Waals surface area contributed by atoms with E-state index in [0.717, 1.165) is 0 Å². The fourth-order valence-electron chi connectivity index (χ4n) is 2.97. The van der Waals surface area contributed by atoms with Crippen molar-refractivity contribution in [1.82, 2.24) is 15.1 Å². The van der Waals surface area contributed by atoms with Crippen LogP contribution in [0.1, 0.15) is 16.8 Å². The Morgan fingerprint density at radius 3 is 2.67 bits per heavy atom. The molecule has 1 aromatic rings. The molecule has 6 heteroatoms. The molecule has 0 saturated carbocycles. The Balaban J connectivity index is 1.76. The predicted octanol–water partition coefficient (Wildman–Crippen LogP) is -0.142. The number of nitrogens with one attached hydrogen (secondary N) is 1. The van der Waals surface area contributed by atoms with Crippen molar-refractivity contribution in [2.24, 2.45) is 0 Å². The predicted molar refractivity (Wildman–Crippen MR) is 75.5 cm³/mol. The zero-order chi connectivity index (χ0) is 15.0. The minimum absolute atomic E-state index is 0.0569. The highest BCUT2D eigenvalue weighted by Gasteiger charge is 2.47. The van der Waals surface area contributed by atoms with Crippen LogP contribution in [0.25, 0.3) is 0 Å². The van der Waals surface area contributed by atoms with Crippen LogP contribution < -0.4 is 5.32 Å². The summed E-state index contributed by atoms with van der Waals surface area (Å²) < 4.78 is 0. The lowest BCUT2D eigenvalue weighted by Crippen LogP contribution is -2.61. The van der Waals surface area contributed by atoms with E-state index in [1.807, 2.05) is 6.07 Å². The Morgan fingerprint density at radius 2 is 1.95 bits per heavy atom. The van der Waals surface area contributed by atoms with E-state index in [9.17, 15) is 14.4 Å². The van der Waals surface area contributed by atoms with E-state index < -0.39 is 6.04 Å². The van der Waals surface area contributed by atoms with Crippen LogP contribution >= 0.6 is 0 Å². The van der Waals surface area contributed by atoms with Crippen LogP contribution in [-0.4, -0.2) is 59.7 Å². The molecule has 2 heterocycles. The summed E-state index contributed by atoms with van der Waals surface area (Å²) >= 11 is 0. The first kappa shape index (κ1) is 13.6. The summed E-state index contributed by atoms with van der Waals surface area (Å²) in [6.45, 7) is 0.636. The van der Waals surface area contributed by atoms with Gasteiger partial charge in [-0.1, -0.05) is 18.2 Å². The van der Waals surface area contributed by atoms with Gasteiger partial charge in [-0.15, -0.1) is 0 Å². The maximum atomic E-state index is 12.3. The summed E-state index contributed by atoms with van der Waals surface area (Å²) in [5.41, 5.74) is 0.555. The molecular formula is C15H17N3O3. The number of rotatable bonds is 2. The third-order valence-electron chi connectivity index (χ3n) is 4.07. The molecule has 2 aliphatic heterocycles. The highest BCUT2D eigenvalue weighted by Crippen LogP contribution is 2.24. The van der Waals surface area contributed by atoms with E-state index in [-0.39, 0.29) is 30.3 Å². The Morgan fingerprint density at radius 1 is 1.24 bits per heavy atom.